The second-order valence-electron chi connectivity index (χ2n) is 7.84. The van der Waals surface area contributed by atoms with Gasteiger partial charge < -0.3 is 15.4 Å². The first-order chi connectivity index (χ1) is 14.7. The van der Waals surface area contributed by atoms with Crippen LogP contribution in [0.1, 0.15) is 40.9 Å². The van der Waals surface area contributed by atoms with Crippen LogP contribution >= 0.6 is 11.6 Å². The number of ether oxygens (including phenoxy) is 1. The zero-order chi connectivity index (χ0) is 20.8. The maximum atomic E-state index is 12.6. The molecule has 0 amide bonds. The number of ketones is 1. The molecule has 0 spiro atoms. The molecule has 30 heavy (non-hydrogen) atoms. The number of Topliss-reactive ketones (excluding diaryl/α,β-unsaturated/α-hetero) is 1. The van der Waals surface area contributed by atoms with E-state index in [-0.39, 0.29) is 12.2 Å². The van der Waals surface area contributed by atoms with Gasteiger partial charge in [-0.05, 0) is 56.1 Å². The van der Waals surface area contributed by atoms with Gasteiger partial charge in [-0.15, -0.1) is 0 Å². The third-order valence-electron chi connectivity index (χ3n) is 5.60. The third-order valence-corrected chi connectivity index (χ3v) is 5.97. The molecule has 2 aromatic rings. The summed E-state index contributed by atoms with van der Waals surface area (Å²) in [6.45, 7) is 4.42. The van der Waals surface area contributed by atoms with E-state index in [2.05, 4.69) is 15.6 Å². The Labute approximate surface area is 182 Å². The molecule has 7 heteroatoms. The van der Waals surface area contributed by atoms with E-state index in [0.29, 0.717) is 41.9 Å². The fourth-order valence-electron chi connectivity index (χ4n) is 3.91. The van der Waals surface area contributed by atoms with Gasteiger partial charge in [0.2, 0.25) is 0 Å². The number of carbonyl (C=O) groups is 1. The maximum absolute atomic E-state index is 12.6. The van der Waals surface area contributed by atoms with Crippen LogP contribution in [0, 0.1) is 5.92 Å². The summed E-state index contributed by atoms with van der Waals surface area (Å²) in [6, 6.07) is 9.35. The topological polar surface area (TPSA) is 75.6 Å². The number of benzene rings is 1. The zero-order valence-corrected chi connectivity index (χ0v) is 17.8. The van der Waals surface area contributed by atoms with E-state index in [1.165, 1.54) is 12.8 Å². The normalized spacial score (nSPS) is 17.0. The van der Waals surface area contributed by atoms with E-state index in [4.69, 9.17) is 21.3 Å². The van der Waals surface area contributed by atoms with Crippen molar-refractivity contribution in [1.82, 2.24) is 15.6 Å². The molecule has 3 heterocycles. The van der Waals surface area contributed by atoms with Gasteiger partial charge in [0, 0.05) is 23.3 Å². The van der Waals surface area contributed by atoms with Crippen molar-refractivity contribution in [3.63, 3.8) is 0 Å². The van der Waals surface area contributed by atoms with Crippen LogP contribution in [0.4, 0.5) is 5.69 Å². The summed E-state index contributed by atoms with van der Waals surface area (Å²) in [4.78, 5) is 21.9. The average molecular weight is 427 g/mol. The molecule has 158 valence electrons. The van der Waals surface area contributed by atoms with E-state index in [0.717, 1.165) is 36.6 Å². The first kappa shape index (κ1) is 21.1. The minimum atomic E-state index is 0.0679. The van der Waals surface area contributed by atoms with E-state index in [9.17, 15) is 4.79 Å². The lowest BCUT2D eigenvalue weighted by molar-refractivity contribution is 0.0993. The molecule has 0 bridgehead atoms. The van der Waals surface area contributed by atoms with Crippen molar-refractivity contribution in [1.29, 1.82) is 0 Å². The van der Waals surface area contributed by atoms with Gasteiger partial charge >= 0.3 is 0 Å². The highest BCUT2D eigenvalue weighted by atomic mass is 35.5. The fraction of sp³-hybridized carbons (Fsp3) is 0.435. The number of aromatic nitrogens is 1. The Bertz CT molecular complexity index is 925. The van der Waals surface area contributed by atoms with Gasteiger partial charge in [0.1, 0.15) is 0 Å². The molecule has 1 fully saturated rings. The Morgan fingerprint density at radius 1 is 1.17 bits per heavy atom. The molecule has 1 aromatic carbocycles. The number of hydrogen-bond donors (Lipinski definition) is 2. The molecule has 2 N–H and O–H groups in total. The van der Waals surface area contributed by atoms with Crippen molar-refractivity contribution in [2.24, 2.45) is 10.9 Å². The quantitative estimate of drug-likeness (QED) is 0.673. The van der Waals surface area contributed by atoms with Crippen LogP contribution in [-0.2, 0) is 17.9 Å². The highest BCUT2D eigenvalue weighted by Crippen LogP contribution is 2.29. The van der Waals surface area contributed by atoms with Crippen molar-refractivity contribution in [2.75, 3.05) is 26.2 Å². The van der Waals surface area contributed by atoms with Crippen LogP contribution in [0.25, 0.3) is 0 Å². The molecule has 4 rings (SSSR count). The van der Waals surface area contributed by atoms with E-state index in [1.807, 2.05) is 24.3 Å². The molecule has 6 nitrogen and oxygen atoms in total. The van der Waals surface area contributed by atoms with Crippen LogP contribution in [-0.4, -0.2) is 42.7 Å². The zero-order valence-electron chi connectivity index (χ0n) is 17.0. The number of halogens is 1. The van der Waals surface area contributed by atoms with Gasteiger partial charge in [-0.2, -0.15) is 0 Å². The Morgan fingerprint density at radius 2 is 2.00 bits per heavy atom. The van der Waals surface area contributed by atoms with Crippen molar-refractivity contribution in [2.45, 2.75) is 32.4 Å². The fourth-order valence-corrected chi connectivity index (χ4v) is 4.10. The van der Waals surface area contributed by atoms with Crippen molar-refractivity contribution < 1.29 is 9.53 Å². The van der Waals surface area contributed by atoms with E-state index in [1.54, 1.807) is 12.3 Å². The Kier molecular flexibility index (Phi) is 7.23. The predicted octanol–water partition coefficient (Wildman–Crippen LogP) is 3.70. The highest BCUT2D eigenvalue weighted by Gasteiger charge is 2.23. The molecule has 1 aromatic heterocycles. The van der Waals surface area contributed by atoms with Crippen LogP contribution in [0.2, 0.25) is 5.02 Å². The number of piperidine rings is 1. The lowest BCUT2D eigenvalue weighted by Gasteiger charge is -2.23. The molecular formula is C23H27ClN4O2. The Hall–Kier alpha value is -2.12. The van der Waals surface area contributed by atoms with Gasteiger partial charge in [-0.1, -0.05) is 29.8 Å². The van der Waals surface area contributed by atoms with Crippen LogP contribution in [0.3, 0.4) is 0 Å². The second kappa shape index (κ2) is 10.3. The number of fused-ring (bicyclic) bond motifs is 1. The first-order valence-electron chi connectivity index (χ1n) is 10.5. The summed E-state index contributed by atoms with van der Waals surface area (Å²) >= 11 is 6.18. The van der Waals surface area contributed by atoms with E-state index < -0.39 is 0 Å². The number of aliphatic imine (C=N–C) groups is 1. The standard InChI is InChI=1S/C23H27ClN4O2/c24-20-4-2-1-3-17(20)14-30-15-18-11-22(29)19-7-10-27-21(23(19)28-18)13-26-12-16-5-8-25-9-6-16/h1-4,7,10,16,25-26H,5-6,8-9,11-15H2. The highest BCUT2D eigenvalue weighted by molar-refractivity contribution is 6.31. The minimum Gasteiger partial charge on any atom is -0.371 e. The first-order valence-corrected chi connectivity index (χ1v) is 10.9. The number of pyridine rings is 1. The van der Waals surface area contributed by atoms with E-state index >= 15 is 0 Å². The molecule has 0 unspecified atom stereocenters. The monoisotopic (exact) mass is 426 g/mol. The van der Waals surface area contributed by atoms with Crippen molar-refractivity contribution >= 4 is 28.8 Å². The van der Waals surface area contributed by atoms with Gasteiger partial charge in [-0.3, -0.25) is 14.8 Å². The molecule has 1 saturated heterocycles. The van der Waals surface area contributed by atoms with Crippen molar-refractivity contribution in [3.8, 4) is 0 Å². The Balaban J connectivity index is 1.39. The summed E-state index contributed by atoms with van der Waals surface area (Å²) < 4.78 is 5.79. The molecule has 0 aliphatic carbocycles. The number of carbonyl (C=O) groups excluding carboxylic acids is 1. The lowest BCUT2D eigenvalue weighted by atomic mass is 9.98. The van der Waals surface area contributed by atoms with Crippen molar-refractivity contribution in [3.05, 3.63) is 58.4 Å². The molecule has 0 radical (unpaired) electrons. The van der Waals surface area contributed by atoms with Crippen LogP contribution in [0.15, 0.2) is 41.5 Å². The average Bonchev–Trinajstić information content (AvgIpc) is 2.76. The lowest BCUT2D eigenvalue weighted by Crippen LogP contribution is -2.33. The number of nitrogens with one attached hydrogen (secondary N) is 2. The summed E-state index contributed by atoms with van der Waals surface area (Å²) in [5.74, 6) is 0.753. The third kappa shape index (κ3) is 5.32. The molecular weight excluding hydrogens is 400 g/mol. The number of rotatable bonds is 8. The predicted molar refractivity (Wildman–Crippen MR) is 119 cm³/mol. The molecule has 2 aliphatic heterocycles. The molecule has 0 atom stereocenters. The molecule has 2 aliphatic rings. The smallest absolute Gasteiger partial charge is 0.170 e. The second-order valence-corrected chi connectivity index (χ2v) is 8.25. The Morgan fingerprint density at radius 3 is 2.83 bits per heavy atom. The van der Waals surface area contributed by atoms with Crippen LogP contribution < -0.4 is 10.6 Å². The van der Waals surface area contributed by atoms with Gasteiger partial charge in [0.05, 0.1) is 36.7 Å². The summed E-state index contributed by atoms with van der Waals surface area (Å²) in [5.41, 5.74) is 3.80. The number of nitrogens with zero attached hydrogens (tertiary/aromatic N) is 2. The minimum absolute atomic E-state index is 0.0679. The SMILES string of the molecule is O=C1CC(COCc2ccccc2Cl)=Nc2c1ccnc2CNCC1CCNCC1. The van der Waals surface area contributed by atoms with Gasteiger partial charge in [0.25, 0.3) is 0 Å². The summed E-state index contributed by atoms with van der Waals surface area (Å²) in [5, 5.41) is 7.57. The maximum Gasteiger partial charge on any atom is 0.170 e. The largest absolute Gasteiger partial charge is 0.371 e. The summed E-state index contributed by atoms with van der Waals surface area (Å²) in [6.07, 6.45) is 4.36. The van der Waals surface area contributed by atoms with Gasteiger partial charge in [-0.25, -0.2) is 0 Å². The number of hydrogen-bond acceptors (Lipinski definition) is 6. The summed E-state index contributed by atoms with van der Waals surface area (Å²) in [7, 11) is 0. The molecule has 0 saturated carbocycles. The van der Waals surface area contributed by atoms with Crippen LogP contribution in [0.5, 0.6) is 0 Å². The van der Waals surface area contributed by atoms with Gasteiger partial charge in [0.15, 0.2) is 5.78 Å².